The van der Waals surface area contributed by atoms with Gasteiger partial charge in [-0.3, -0.25) is 19.7 Å². The van der Waals surface area contributed by atoms with E-state index in [2.05, 4.69) is 0 Å². The van der Waals surface area contributed by atoms with Crippen LogP contribution in [0.4, 0.5) is 24.5 Å². The Morgan fingerprint density at radius 1 is 1.05 bits per heavy atom. The third kappa shape index (κ3) is 6.50. The molecule has 1 unspecified atom stereocenters. The monoisotopic (exact) mass is 575 g/mol. The van der Waals surface area contributed by atoms with Crippen LogP contribution in [0.15, 0.2) is 72.8 Å². The molecule has 3 rings (SSSR count). The first-order valence-electron chi connectivity index (χ1n) is 11.7. The number of hydrogen-bond acceptors (Lipinski definition) is 7. The molecule has 0 aliphatic heterocycles. The molecular weight excluding hydrogens is 555 g/mol. The van der Waals surface area contributed by atoms with E-state index in [1.807, 2.05) is 0 Å². The summed E-state index contributed by atoms with van der Waals surface area (Å²) in [7, 11) is 0. The molecule has 0 N–H and O–H groups in total. The summed E-state index contributed by atoms with van der Waals surface area (Å²) >= 11 is 5.89. The maximum atomic E-state index is 13.8. The summed E-state index contributed by atoms with van der Waals surface area (Å²) in [5, 5.41) is 21.4. The van der Waals surface area contributed by atoms with Crippen molar-refractivity contribution in [2.75, 3.05) is 18.1 Å². The van der Waals surface area contributed by atoms with Gasteiger partial charge in [-0.1, -0.05) is 41.9 Å². The largest absolute Gasteiger partial charge is 0.492 e. The number of ketones is 1. The van der Waals surface area contributed by atoms with Crippen molar-refractivity contribution in [1.82, 2.24) is 0 Å². The van der Waals surface area contributed by atoms with E-state index < -0.39 is 58.4 Å². The van der Waals surface area contributed by atoms with Gasteiger partial charge < -0.3 is 14.4 Å². The number of benzene rings is 3. The average molecular weight is 576 g/mol. The molecule has 0 saturated heterocycles. The number of carbonyl (C=O) groups excluding carboxylic acids is 2. The molecule has 1 amide bonds. The molecule has 40 heavy (non-hydrogen) atoms. The topological polar surface area (TPSA) is 123 Å². The Balaban J connectivity index is 1.95. The fourth-order valence-electron chi connectivity index (χ4n) is 3.68. The number of alkyl halides is 3. The number of nitriles is 1. The first kappa shape index (κ1) is 29.9. The summed E-state index contributed by atoms with van der Waals surface area (Å²) in [4.78, 5) is 39.2. The number of nitro benzene ring substituents is 1. The normalized spacial score (nSPS) is 12.5. The molecule has 3 aromatic carbocycles. The number of nitrogens with zero attached hydrogens (tertiary/aromatic N) is 3. The average Bonchev–Trinajstić information content (AvgIpc) is 2.93. The highest BCUT2D eigenvalue weighted by atomic mass is 35.5. The summed E-state index contributed by atoms with van der Waals surface area (Å²) in [6.07, 6.45) is -5.27. The molecule has 9 nitrogen and oxygen atoms in total. The summed E-state index contributed by atoms with van der Waals surface area (Å²) < 4.78 is 49.7. The van der Waals surface area contributed by atoms with Crippen LogP contribution in [0.1, 0.15) is 18.9 Å². The van der Waals surface area contributed by atoms with Gasteiger partial charge in [0.25, 0.3) is 5.91 Å². The Labute approximate surface area is 231 Å². The highest BCUT2D eigenvalue weighted by Gasteiger charge is 2.52. The van der Waals surface area contributed by atoms with E-state index in [4.69, 9.17) is 21.1 Å². The summed E-state index contributed by atoms with van der Waals surface area (Å²) in [5.74, 6) is -2.86. The molecule has 3 aromatic rings. The van der Waals surface area contributed by atoms with E-state index in [9.17, 15) is 38.1 Å². The predicted octanol–water partition coefficient (Wildman–Crippen LogP) is 6.00. The number of nitro groups is 1. The molecule has 0 heterocycles. The zero-order chi connectivity index (χ0) is 29.5. The van der Waals surface area contributed by atoms with Crippen molar-refractivity contribution < 1.29 is 37.2 Å². The van der Waals surface area contributed by atoms with E-state index in [1.165, 1.54) is 12.1 Å². The maximum Gasteiger partial charge on any atom is 0.416 e. The number of hydrogen-bond donors (Lipinski definition) is 0. The van der Waals surface area contributed by atoms with Crippen LogP contribution in [-0.2, 0) is 15.8 Å². The van der Waals surface area contributed by atoms with Gasteiger partial charge in [-0.25, -0.2) is 0 Å². The van der Waals surface area contributed by atoms with E-state index >= 15 is 0 Å². The molecule has 0 bridgehead atoms. The van der Waals surface area contributed by atoms with E-state index in [0.29, 0.717) is 11.8 Å². The Morgan fingerprint density at radius 3 is 2.27 bits per heavy atom. The lowest BCUT2D eigenvalue weighted by molar-refractivity contribution is -0.386. The Morgan fingerprint density at radius 2 is 1.70 bits per heavy atom. The molecule has 1 atom stereocenters. The minimum atomic E-state index is -4.63. The molecule has 0 aliphatic carbocycles. The number of halogens is 4. The first-order chi connectivity index (χ1) is 18.9. The number of carbonyl (C=O) groups is 2. The molecule has 0 aromatic heterocycles. The lowest BCUT2D eigenvalue weighted by Gasteiger charge is -2.31. The quantitative estimate of drug-likeness (QED) is 0.156. The Hall–Kier alpha value is -4.63. The van der Waals surface area contributed by atoms with Crippen molar-refractivity contribution >= 4 is 34.7 Å². The zero-order valence-corrected chi connectivity index (χ0v) is 21.6. The van der Waals surface area contributed by atoms with Gasteiger partial charge in [-0.2, -0.15) is 18.4 Å². The van der Waals surface area contributed by atoms with Gasteiger partial charge in [0, 0.05) is 24.7 Å². The third-order valence-electron chi connectivity index (χ3n) is 5.65. The number of ether oxygens (including phenoxy) is 2. The van der Waals surface area contributed by atoms with Crippen LogP contribution >= 0.6 is 11.6 Å². The molecular formula is C27H21ClF3N3O6. The Bertz CT molecular complexity index is 1450. The number of likely N-dealkylation sites (N-methyl/N-ethyl adjacent to an activating group) is 1. The van der Waals surface area contributed by atoms with Crippen molar-refractivity contribution in [3.8, 4) is 17.6 Å². The maximum absolute atomic E-state index is 13.8. The summed E-state index contributed by atoms with van der Waals surface area (Å²) in [6.45, 7) is 1.11. The Kier molecular flexibility index (Phi) is 9.34. The summed E-state index contributed by atoms with van der Waals surface area (Å²) in [6, 6.07) is 17.0. The minimum absolute atomic E-state index is 0.0114. The van der Waals surface area contributed by atoms with Crippen LogP contribution in [0, 0.1) is 21.4 Å². The van der Waals surface area contributed by atoms with E-state index in [-0.39, 0.29) is 17.3 Å². The second kappa shape index (κ2) is 12.5. The lowest BCUT2D eigenvalue weighted by atomic mass is 9.94. The van der Waals surface area contributed by atoms with Crippen LogP contribution < -0.4 is 14.4 Å². The zero-order valence-electron chi connectivity index (χ0n) is 20.9. The molecule has 13 heteroatoms. The third-order valence-corrected chi connectivity index (χ3v) is 5.95. The highest BCUT2D eigenvalue weighted by molar-refractivity contribution is 6.32. The standard InChI is InChI=1S/C27H21ClF3N3O6/c1-2-33(19-8-4-3-5-9-19)25(36)26(17-32,40-23-11-7-6-10-21(23)34(37)38)24(35)14-15-39-22-13-12-18(16-20(22)28)27(29,30)31/h3-13,16H,2,14-15H2,1H3. The number of para-hydroxylation sites is 3. The van der Waals surface area contributed by atoms with Gasteiger partial charge in [0.1, 0.15) is 11.8 Å². The molecule has 0 spiro atoms. The van der Waals surface area contributed by atoms with E-state index in [1.54, 1.807) is 43.3 Å². The van der Waals surface area contributed by atoms with Crippen molar-refractivity contribution in [3.05, 3.63) is 93.5 Å². The SMILES string of the molecule is CCN(C(=O)C(C#N)(Oc1ccccc1[N+](=O)[O-])C(=O)CCOc1ccc(C(F)(F)F)cc1Cl)c1ccccc1. The lowest BCUT2D eigenvalue weighted by Crippen LogP contribution is -2.57. The highest BCUT2D eigenvalue weighted by Crippen LogP contribution is 2.35. The molecule has 0 saturated carbocycles. The summed E-state index contributed by atoms with van der Waals surface area (Å²) in [5.41, 5.74) is -4.13. The van der Waals surface area contributed by atoms with Crippen LogP contribution in [-0.4, -0.2) is 35.4 Å². The second-order valence-corrected chi connectivity index (χ2v) is 8.58. The first-order valence-corrected chi connectivity index (χ1v) is 12.1. The van der Waals surface area contributed by atoms with Crippen molar-refractivity contribution in [2.45, 2.75) is 25.1 Å². The number of amides is 1. The smallest absolute Gasteiger partial charge is 0.416 e. The van der Waals surface area contributed by atoms with Crippen LogP contribution in [0.5, 0.6) is 11.5 Å². The van der Waals surface area contributed by atoms with Crippen molar-refractivity contribution in [2.24, 2.45) is 0 Å². The number of Topliss-reactive ketones (excluding diaryl/α,β-unsaturated/α-hetero) is 1. The molecule has 0 fully saturated rings. The minimum Gasteiger partial charge on any atom is -0.492 e. The molecule has 208 valence electrons. The van der Waals surface area contributed by atoms with E-state index in [0.717, 1.165) is 29.2 Å². The van der Waals surface area contributed by atoms with Gasteiger partial charge in [0.15, 0.2) is 5.75 Å². The van der Waals surface area contributed by atoms with Gasteiger partial charge >= 0.3 is 17.5 Å². The molecule has 0 radical (unpaired) electrons. The second-order valence-electron chi connectivity index (χ2n) is 8.17. The fraction of sp³-hybridized carbons (Fsp3) is 0.222. The van der Waals surface area contributed by atoms with Crippen LogP contribution in [0.2, 0.25) is 5.02 Å². The number of anilines is 1. The van der Waals surface area contributed by atoms with Gasteiger partial charge in [-0.15, -0.1) is 0 Å². The predicted molar refractivity (Wildman–Crippen MR) is 138 cm³/mol. The van der Waals surface area contributed by atoms with Crippen molar-refractivity contribution in [1.29, 1.82) is 5.26 Å². The fourth-order valence-corrected chi connectivity index (χ4v) is 3.91. The van der Waals surface area contributed by atoms with Crippen LogP contribution in [0.25, 0.3) is 0 Å². The number of rotatable bonds is 11. The molecule has 0 aliphatic rings. The van der Waals surface area contributed by atoms with Gasteiger partial charge in [0.05, 0.1) is 22.1 Å². The van der Waals surface area contributed by atoms with Crippen molar-refractivity contribution in [3.63, 3.8) is 0 Å². The van der Waals surface area contributed by atoms with Gasteiger partial charge in [-0.05, 0) is 43.3 Å². The van der Waals surface area contributed by atoms with Crippen LogP contribution in [0.3, 0.4) is 0 Å². The van der Waals surface area contributed by atoms with Gasteiger partial charge in [0.2, 0.25) is 5.78 Å².